The first kappa shape index (κ1) is 20.3. The molecule has 0 saturated carbocycles. The average molecular weight is 378 g/mol. The number of sulfone groups is 1. The Balaban J connectivity index is 0.00000288. The first-order valence-electron chi connectivity index (χ1n) is 7.20. The third-order valence-electron chi connectivity index (χ3n) is 3.75. The number of rotatable bonds is 4. The molecule has 0 aromatic heterocycles. The Morgan fingerprint density at radius 1 is 1.38 bits per heavy atom. The Kier molecular flexibility index (Phi) is 6.70. The van der Waals surface area contributed by atoms with Crippen molar-refractivity contribution in [3.05, 3.63) is 33.9 Å². The van der Waals surface area contributed by atoms with E-state index in [4.69, 9.17) is 0 Å². The second kappa shape index (κ2) is 7.91. The number of halogens is 1. The van der Waals surface area contributed by atoms with E-state index in [0.29, 0.717) is 0 Å². The SMILES string of the molecule is CC1CC(NC(=O)c2cc([N+](=O)[O-])cc(S(C)(=O)=O)c2)CCN1.Cl. The Labute approximate surface area is 146 Å². The van der Waals surface area contributed by atoms with Crippen molar-refractivity contribution in [1.82, 2.24) is 10.6 Å². The lowest BCUT2D eigenvalue weighted by Gasteiger charge is -2.28. The van der Waals surface area contributed by atoms with Gasteiger partial charge in [-0.3, -0.25) is 14.9 Å². The van der Waals surface area contributed by atoms with Crippen molar-refractivity contribution < 1.29 is 18.1 Å². The molecule has 2 atom stereocenters. The van der Waals surface area contributed by atoms with Crippen LogP contribution in [0.15, 0.2) is 23.1 Å². The first-order chi connectivity index (χ1) is 10.7. The van der Waals surface area contributed by atoms with Crippen LogP contribution in [0.1, 0.15) is 30.1 Å². The number of carbonyl (C=O) groups excluding carboxylic acids is 1. The van der Waals surface area contributed by atoms with Gasteiger partial charge in [-0.2, -0.15) is 0 Å². The molecule has 1 aliphatic rings. The van der Waals surface area contributed by atoms with Crippen LogP contribution in [0.25, 0.3) is 0 Å². The number of nitrogens with zero attached hydrogens (tertiary/aromatic N) is 1. The van der Waals surface area contributed by atoms with Gasteiger partial charge < -0.3 is 10.6 Å². The van der Waals surface area contributed by atoms with Crippen LogP contribution in [0.3, 0.4) is 0 Å². The quantitative estimate of drug-likeness (QED) is 0.602. The first-order valence-corrected chi connectivity index (χ1v) is 9.10. The number of hydrogen-bond donors (Lipinski definition) is 2. The summed E-state index contributed by atoms with van der Waals surface area (Å²) in [5, 5.41) is 17.0. The number of non-ortho nitro benzene ring substituents is 1. The summed E-state index contributed by atoms with van der Waals surface area (Å²) in [5.41, 5.74) is -0.442. The van der Waals surface area contributed by atoms with Crippen LogP contribution in [-0.2, 0) is 9.84 Å². The van der Waals surface area contributed by atoms with Crippen molar-refractivity contribution in [2.75, 3.05) is 12.8 Å². The van der Waals surface area contributed by atoms with Gasteiger partial charge in [0.1, 0.15) is 0 Å². The molecule has 1 aromatic rings. The second-order valence-corrected chi connectivity index (χ2v) is 7.81. The Morgan fingerprint density at radius 3 is 2.58 bits per heavy atom. The summed E-state index contributed by atoms with van der Waals surface area (Å²) in [7, 11) is -3.65. The van der Waals surface area contributed by atoms with Crippen molar-refractivity contribution in [1.29, 1.82) is 0 Å². The molecule has 1 aliphatic heterocycles. The normalized spacial score (nSPS) is 20.8. The second-order valence-electron chi connectivity index (χ2n) is 5.79. The molecular formula is C14H20ClN3O5S. The fourth-order valence-corrected chi connectivity index (χ4v) is 3.24. The molecule has 24 heavy (non-hydrogen) atoms. The zero-order valence-corrected chi connectivity index (χ0v) is 14.9. The van der Waals surface area contributed by atoms with E-state index in [1.54, 1.807) is 0 Å². The van der Waals surface area contributed by atoms with Gasteiger partial charge in [-0.05, 0) is 32.4 Å². The number of nitrogens with one attached hydrogen (secondary N) is 2. The molecule has 0 bridgehead atoms. The van der Waals surface area contributed by atoms with E-state index in [-0.39, 0.29) is 34.9 Å². The van der Waals surface area contributed by atoms with Crippen LogP contribution in [0, 0.1) is 10.1 Å². The highest BCUT2D eigenvalue weighted by Gasteiger charge is 2.23. The van der Waals surface area contributed by atoms with Gasteiger partial charge in [0.2, 0.25) is 0 Å². The molecule has 0 spiro atoms. The topological polar surface area (TPSA) is 118 Å². The molecule has 2 unspecified atom stereocenters. The smallest absolute Gasteiger partial charge is 0.271 e. The van der Waals surface area contributed by atoms with E-state index >= 15 is 0 Å². The summed E-state index contributed by atoms with van der Waals surface area (Å²) in [6, 6.07) is 3.44. The third kappa shape index (κ3) is 5.15. The van der Waals surface area contributed by atoms with Crippen molar-refractivity contribution in [3.8, 4) is 0 Å². The van der Waals surface area contributed by atoms with Crippen molar-refractivity contribution in [2.45, 2.75) is 36.7 Å². The number of nitro benzene ring substituents is 1. The van der Waals surface area contributed by atoms with E-state index in [1.807, 2.05) is 6.92 Å². The standard InChI is InChI=1S/C14H19N3O5S.ClH/c1-9-5-11(3-4-15-9)16-14(18)10-6-12(17(19)20)8-13(7-10)23(2,21)22;/h6-9,11,15H,3-5H2,1-2H3,(H,16,18);1H. The lowest BCUT2D eigenvalue weighted by Crippen LogP contribution is -2.46. The van der Waals surface area contributed by atoms with Crippen LogP contribution in [0.4, 0.5) is 5.69 Å². The van der Waals surface area contributed by atoms with Crippen molar-refractivity contribution >= 4 is 33.8 Å². The maximum Gasteiger partial charge on any atom is 0.271 e. The number of piperidine rings is 1. The summed E-state index contributed by atoms with van der Waals surface area (Å²) < 4.78 is 23.3. The Morgan fingerprint density at radius 2 is 2.04 bits per heavy atom. The van der Waals surface area contributed by atoms with Gasteiger partial charge in [0.25, 0.3) is 11.6 Å². The summed E-state index contributed by atoms with van der Waals surface area (Å²) in [5.74, 6) is -0.502. The largest absolute Gasteiger partial charge is 0.349 e. The minimum Gasteiger partial charge on any atom is -0.349 e. The average Bonchev–Trinajstić information content (AvgIpc) is 2.45. The lowest BCUT2D eigenvalue weighted by atomic mass is 10.0. The number of nitro groups is 1. The predicted molar refractivity (Wildman–Crippen MR) is 91.4 cm³/mol. The van der Waals surface area contributed by atoms with Gasteiger partial charge in [-0.1, -0.05) is 0 Å². The highest BCUT2D eigenvalue weighted by Crippen LogP contribution is 2.21. The maximum absolute atomic E-state index is 12.3. The van der Waals surface area contributed by atoms with Gasteiger partial charge in [0, 0.05) is 36.0 Å². The van der Waals surface area contributed by atoms with Gasteiger partial charge in [0.05, 0.1) is 9.82 Å². The number of amides is 1. The molecule has 1 heterocycles. The van der Waals surface area contributed by atoms with E-state index in [2.05, 4.69) is 10.6 Å². The third-order valence-corrected chi connectivity index (χ3v) is 4.84. The van der Waals surface area contributed by atoms with Gasteiger partial charge in [0.15, 0.2) is 9.84 Å². The highest BCUT2D eigenvalue weighted by molar-refractivity contribution is 7.90. The van der Waals surface area contributed by atoms with E-state index < -0.39 is 26.4 Å². The lowest BCUT2D eigenvalue weighted by molar-refractivity contribution is -0.385. The van der Waals surface area contributed by atoms with Gasteiger partial charge >= 0.3 is 0 Å². The van der Waals surface area contributed by atoms with E-state index in [1.165, 1.54) is 6.07 Å². The molecule has 2 N–H and O–H groups in total. The number of carbonyl (C=O) groups is 1. The Hall–Kier alpha value is -1.71. The predicted octanol–water partition coefficient (Wildman–Crippen LogP) is 1.29. The van der Waals surface area contributed by atoms with Gasteiger partial charge in [-0.25, -0.2) is 8.42 Å². The Bertz CT molecular complexity index is 738. The van der Waals surface area contributed by atoms with Crippen molar-refractivity contribution in [2.24, 2.45) is 0 Å². The van der Waals surface area contributed by atoms with Crippen LogP contribution in [0.5, 0.6) is 0 Å². The van der Waals surface area contributed by atoms with Crippen LogP contribution in [0.2, 0.25) is 0 Å². The molecule has 0 radical (unpaired) electrons. The highest BCUT2D eigenvalue weighted by atomic mass is 35.5. The number of benzene rings is 1. The molecule has 2 rings (SSSR count). The van der Waals surface area contributed by atoms with E-state index in [9.17, 15) is 23.3 Å². The molecule has 1 amide bonds. The molecule has 8 nitrogen and oxygen atoms in total. The molecule has 1 fully saturated rings. The van der Waals surface area contributed by atoms with Crippen molar-refractivity contribution in [3.63, 3.8) is 0 Å². The van der Waals surface area contributed by atoms with Crippen LogP contribution < -0.4 is 10.6 Å². The zero-order valence-electron chi connectivity index (χ0n) is 13.3. The summed E-state index contributed by atoms with van der Waals surface area (Å²) in [4.78, 5) is 22.3. The summed E-state index contributed by atoms with van der Waals surface area (Å²) in [6.45, 7) is 2.78. The van der Waals surface area contributed by atoms with Crippen LogP contribution in [-0.4, -0.2) is 44.1 Å². The monoisotopic (exact) mass is 377 g/mol. The molecular weight excluding hydrogens is 358 g/mol. The fourth-order valence-electron chi connectivity index (χ4n) is 2.57. The molecule has 134 valence electrons. The summed E-state index contributed by atoms with van der Waals surface area (Å²) in [6.07, 6.45) is 2.45. The summed E-state index contributed by atoms with van der Waals surface area (Å²) >= 11 is 0. The minimum absolute atomic E-state index is 0. The van der Waals surface area contributed by atoms with Gasteiger partial charge in [-0.15, -0.1) is 12.4 Å². The molecule has 10 heteroatoms. The minimum atomic E-state index is -3.65. The molecule has 1 saturated heterocycles. The van der Waals surface area contributed by atoms with Crippen LogP contribution >= 0.6 is 12.4 Å². The number of hydrogen-bond acceptors (Lipinski definition) is 6. The maximum atomic E-state index is 12.3. The molecule has 0 aliphatic carbocycles. The van der Waals surface area contributed by atoms with E-state index in [0.717, 1.165) is 37.8 Å². The zero-order chi connectivity index (χ0) is 17.2. The molecule has 1 aromatic carbocycles. The fraction of sp³-hybridized carbons (Fsp3) is 0.500.